The molecule has 6 rings (SSSR count). The van der Waals surface area contributed by atoms with Gasteiger partial charge in [-0.1, -0.05) is 0 Å². The molecule has 4 aromatic carbocycles. The fourth-order valence-corrected chi connectivity index (χ4v) is 17.2. The summed E-state index contributed by atoms with van der Waals surface area (Å²) in [5, 5.41) is 0. The van der Waals surface area contributed by atoms with E-state index < -0.39 is 21.3 Å². The average Bonchev–Trinajstić information content (AvgIpc) is 3.65. The van der Waals surface area contributed by atoms with Crippen molar-refractivity contribution in [3.63, 3.8) is 0 Å². The van der Waals surface area contributed by atoms with E-state index in [9.17, 15) is 0 Å². The predicted molar refractivity (Wildman–Crippen MR) is 230 cm³/mol. The van der Waals surface area contributed by atoms with E-state index >= 15 is 0 Å². The Morgan fingerprint density at radius 3 is 1.17 bits per heavy atom. The Morgan fingerprint density at radius 1 is 0.519 bits per heavy atom. The van der Waals surface area contributed by atoms with Gasteiger partial charge in [0.15, 0.2) is 0 Å². The molecule has 2 aliphatic rings. The van der Waals surface area contributed by atoms with Crippen molar-refractivity contribution in [3.05, 3.63) is 150 Å². The van der Waals surface area contributed by atoms with Crippen LogP contribution in [-0.4, -0.2) is 3.21 Å². The molecule has 0 aromatic heterocycles. The average molecular weight is 813 g/mol. The number of fused-ring (bicyclic) bond motifs is 3. The number of hydrogen-bond donors (Lipinski definition) is 0. The molecule has 0 radical (unpaired) electrons. The predicted octanol–water partition coefficient (Wildman–Crippen LogP) is 14.1. The monoisotopic (exact) mass is 810 g/mol. The van der Waals surface area contributed by atoms with Gasteiger partial charge in [-0.3, -0.25) is 0 Å². The van der Waals surface area contributed by atoms with Crippen LogP contribution in [0, 0.1) is 13.8 Å². The van der Waals surface area contributed by atoms with Gasteiger partial charge in [0.05, 0.1) is 0 Å². The third-order valence-corrected chi connectivity index (χ3v) is 19.2. The van der Waals surface area contributed by atoms with Gasteiger partial charge in [0, 0.05) is 0 Å². The van der Waals surface area contributed by atoms with Gasteiger partial charge >= 0.3 is 314 Å². The van der Waals surface area contributed by atoms with Crippen LogP contribution in [0.1, 0.15) is 149 Å². The minimum atomic E-state index is -2.85. The van der Waals surface area contributed by atoms with Gasteiger partial charge in [0.2, 0.25) is 0 Å². The van der Waals surface area contributed by atoms with Crippen molar-refractivity contribution in [2.24, 2.45) is 0 Å². The first-order chi connectivity index (χ1) is 23.2. The molecular weight excluding hydrogens is 751 g/mol. The number of hydrogen-bond acceptors (Lipinski definition) is 0. The van der Waals surface area contributed by atoms with Crippen molar-refractivity contribution in [2.75, 3.05) is 0 Å². The van der Waals surface area contributed by atoms with Gasteiger partial charge in [0.25, 0.3) is 0 Å². The SMILES string of the molecule is Cc1ccc([C](c2ccc(C)cc2)=[Zr]([C]2=CC=CC2)[CH]2c3cc(C(C)(C)C)c(C(C)(C)C)cc3-c3cc(C(C)(C)C)c(C(C)(C)C)cc32)cc1.Cl.Cl. The number of allylic oxidation sites excluding steroid dienone is 4. The van der Waals surface area contributed by atoms with E-state index in [4.69, 9.17) is 0 Å². The van der Waals surface area contributed by atoms with E-state index in [1.807, 2.05) is 0 Å². The maximum atomic E-state index is 2.69. The van der Waals surface area contributed by atoms with Crippen LogP contribution in [0.2, 0.25) is 0 Å². The molecule has 0 heterocycles. The van der Waals surface area contributed by atoms with E-state index in [-0.39, 0.29) is 46.5 Å². The van der Waals surface area contributed by atoms with Crippen LogP contribution >= 0.6 is 24.8 Å². The topological polar surface area (TPSA) is 0 Å². The number of rotatable bonds is 4. The molecule has 276 valence electrons. The molecule has 0 amide bonds. The Bertz CT molecular complexity index is 1910. The minimum Gasteiger partial charge on any atom is -0.147 e. The van der Waals surface area contributed by atoms with Crippen LogP contribution in [0.3, 0.4) is 0 Å². The number of benzene rings is 4. The van der Waals surface area contributed by atoms with Crippen molar-refractivity contribution in [1.29, 1.82) is 0 Å². The Hall–Kier alpha value is -2.31. The van der Waals surface area contributed by atoms with Gasteiger partial charge in [-0.25, -0.2) is 0 Å². The Balaban J connectivity index is 0.00000302. The van der Waals surface area contributed by atoms with Crippen LogP contribution in [0.4, 0.5) is 0 Å². The standard InChI is InChI=1S/C29H41.C15H14.C5H5.2ClH.Zr/c1-26(2,3)22-14-18-13-19-15-23(27(4,5)6)25(29(10,11)12)17-21(19)20(18)16-24(22)28(7,8)9;1-12-3-7-14(8-4-12)11-15-9-5-13(2)6-10-15;1-2-4-5-3-1;;;/h13-17H,1-12H3;3-10H,1-2H3;1-3H,4H2;2*1H;. The van der Waals surface area contributed by atoms with Gasteiger partial charge in [-0.15, -0.1) is 24.8 Å². The van der Waals surface area contributed by atoms with Crippen LogP contribution < -0.4 is 0 Å². The summed E-state index contributed by atoms with van der Waals surface area (Å²) in [6.45, 7) is 33.3. The van der Waals surface area contributed by atoms with Gasteiger partial charge in [-0.05, 0) is 0 Å². The van der Waals surface area contributed by atoms with E-state index in [0.29, 0.717) is 3.63 Å². The summed E-state index contributed by atoms with van der Waals surface area (Å²) in [7, 11) is 0. The fraction of sp³-hybridized carbons (Fsp3) is 0.408. The molecule has 3 heteroatoms. The largest absolute Gasteiger partial charge is 0.147 e. The van der Waals surface area contributed by atoms with Crippen LogP contribution in [0.15, 0.2) is 94.3 Å². The smallest absolute Gasteiger partial charge is 0.147 e. The van der Waals surface area contributed by atoms with Crippen molar-refractivity contribution >= 4 is 28.0 Å². The normalized spacial score (nSPS) is 14.3. The minimum absolute atomic E-state index is 0. The molecular formula is C49H62Cl2Zr. The summed E-state index contributed by atoms with van der Waals surface area (Å²) in [6.07, 6.45) is 8.31. The molecule has 0 aliphatic heterocycles. The molecule has 52 heavy (non-hydrogen) atoms. The number of halogens is 2. The van der Waals surface area contributed by atoms with Crippen LogP contribution in [0.5, 0.6) is 0 Å². The Morgan fingerprint density at radius 2 is 0.865 bits per heavy atom. The Labute approximate surface area is 336 Å². The fourth-order valence-electron chi connectivity index (χ4n) is 8.19. The zero-order valence-corrected chi connectivity index (χ0v) is 38.4. The van der Waals surface area contributed by atoms with E-state index in [0.717, 1.165) is 6.42 Å². The quantitative estimate of drug-likeness (QED) is 0.193. The maximum absolute atomic E-state index is 2.85. The second-order valence-corrected chi connectivity index (χ2v) is 25.5. The molecule has 0 N–H and O–H groups in total. The molecule has 0 fully saturated rings. The first-order valence-corrected chi connectivity index (χ1v) is 22.7. The first kappa shape index (κ1) is 42.4. The number of aryl methyl sites for hydroxylation is 2. The maximum Gasteiger partial charge on any atom is -0.147 e. The van der Waals surface area contributed by atoms with E-state index in [1.54, 1.807) is 17.6 Å². The van der Waals surface area contributed by atoms with Crippen LogP contribution in [0.25, 0.3) is 11.1 Å². The van der Waals surface area contributed by atoms with Crippen molar-refractivity contribution < 1.29 is 21.3 Å². The summed E-state index contributed by atoms with van der Waals surface area (Å²) >= 11 is -2.85. The molecule has 0 nitrogen and oxygen atoms in total. The van der Waals surface area contributed by atoms with Crippen molar-refractivity contribution in [3.8, 4) is 11.1 Å². The van der Waals surface area contributed by atoms with E-state index in [1.165, 1.54) is 55.6 Å². The first-order valence-electron chi connectivity index (χ1n) is 18.8. The second kappa shape index (κ2) is 15.1. The molecule has 0 saturated carbocycles. The van der Waals surface area contributed by atoms with Gasteiger partial charge in [-0.2, -0.15) is 0 Å². The molecule has 0 spiro atoms. The van der Waals surface area contributed by atoms with Crippen LogP contribution in [-0.2, 0) is 42.9 Å². The van der Waals surface area contributed by atoms with E-state index in [2.05, 4.69) is 188 Å². The van der Waals surface area contributed by atoms with Crippen molar-refractivity contribution in [2.45, 2.75) is 129 Å². The second-order valence-electron chi connectivity index (χ2n) is 19.2. The third kappa shape index (κ3) is 8.19. The molecule has 0 unspecified atom stereocenters. The van der Waals surface area contributed by atoms with Gasteiger partial charge in [0.1, 0.15) is 0 Å². The summed E-state index contributed by atoms with van der Waals surface area (Å²) in [5.41, 5.74) is 17.6. The summed E-state index contributed by atoms with van der Waals surface area (Å²) < 4.78 is 3.69. The molecule has 0 atom stereocenters. The third-order valence-electron chi connectivity index (χ3n) is 10.9. The molecule has 0 bridgehead atoms. The molecule has 4 aromatic rings. The van der Waals surface area contributed by atoms with Crippen molar-refractivity contribution in [1.82, 2.24) is 0 Å². The zero-order valence-electron chi connectivity index (χ0n) is 34.3. The van der Waals surface area contributed by atoms with Gasteiger partial charge < -0.3 is 0 Å². The summed E-state index contributed by atoms with van der Waals surface area (Å²) in [5.74, 6) is 0. The zero-order chi connectivity index (χ0) is 36.6. The molecule has 2 aliphatic carbocycles. The summed E-state index contributed by atoms with van der Waals surface area (Å²) in [4.78, 5) is 0. The molecule has 0 saturated heterocycles. The Kier molecular flexibility index (Phi) is 12.3. The summed E-state index contributed by atoms with van der Waals surface area (Å²) in [6, 6.07) is 29.6.